The average Bonchev–Trinajstić information content (AvgIpc) is 3.16. The van der Waals surface area contributed by atoms with E-state index in [9.17, 15) is 9.18 Å². The largest absolute Gasteiger partial charge is 0.492 e. The molecule has 2 heterocycles. The third kappa shape index (κ3) is 3.93. The van der Waals surface area contributed by atoms with Crippen LogP contribution in [0.4, 0.5) is 10.2 Å². The Hall–Kier alpha value is -2.83. The average molecular weight is 447 g/mol. The zero-order valence-corrected chi connectivity index (χ0v) is 17.4. The summed E-state index contributed by atoms with van der Waals surface area (Å²) in [5, 5.41) is 4.08. The van der Waals surface area contributed by atoms with Crippen molar-refractivity contribution < 1.29 is 18.7 Å². The number of hydrogen-bond donors (Lipinski definition) is 1. The minimum absolute atomic E-state index is 0.0531. The van der Waals surface area contributed by atoms with Crippen LogP contribution >= 0.6 is 23.2 Å². The molecule has 1 aromatic heterocycles. The van der Waals surface area contributed by atoms with Gasteiger partial charge in [-0.3, -0.25) is 4.79 Å². The Bertz CT molecular complexity index is 1110. The summed E-state index contributed by atoms with van der Waals surface area (Å²) in [6.45, 7) is 0.500. The lowest BCUT2D eigenvalue weighted by Gasteiger charge is -2.17. The first-order chi connectivity index (χ1) is 14.5. The number of nitrogens with one attached hydrogen (secondary N) is 1. The van der Waals surface area contributed by atoms with E-state index in [0.717, 1.165) is 5.56 Å². The number of halogens is 3. The number of anilines is 1. The van der Waals surface area contributed by atoms with E-state index in [0.29, 0.717) is 28.0 Å². The monoisotopic (exact) mass is 446 g/mol. The van der Waals surface area contributed by atoms with Crippen LogP contribution in [-0.2, 0) is 6.61 Å². The molecule has 1 unspecified atom stereocenters. The number of carbonyl (C=O) groups is 1. The maximum Gasteiger partial charge on any atom is 0.179 e. The Kier molecular flexibility index (Phi) is 5.79. The number of ketones is 1. The minimum atomic E-state index is -0.681. The Morgan fingerprint density at radius 1 is 1.20 bits per heavy atom. The van der Waals surface area contributed by atoms with Crippen LogP contribution in [0.1, 0.15) is 27.4 Å². The Morgan fingerprint density at radius 3 is 2.70 bits per heavy atom. The Balaban J connectivity index is 1.65. The summed E-state index contributed by atoms with van der Waals surface area (Å²) in [5.41, 5.74) is 1.33. The summed E-state index contributed by atoms with van der Waals surface area (Å²) in [5.74, 6) is -0.867. The first kappa shape index (κ1) is 20.4. The van der Waals surface area contributed by atoms with Crippen molar-refractivity contribution in [2.45, 2.75) is 12.5 Å². The zero-order valence-electron chi connectivity index (χ0n) is 15.9. The number of carbonyl (C=O) groups excluding carboxylic acids is 1. The summed E-state index contributed by atoms with van der Waals surface area (Å²) >= 11 is 11.9. The normalized spacial score (nSPS) is 14.7. The molecule has 0 amide bonds. The van der Waals surface area contributed by atoms with Crippen LogP contribution in [0.2, 0.25) is 10.0 Å². The van der Waals surface area contributed by atoms with Gasteiger partial charge in [-0.15, -0.1) is 0 Å². The lowest BCUT2D eigenvalue weighted by Crippen LogP contribution is -2.18. The van der Waals surface area contributed by atoms with Crippen molar-refractivity contribution >= 4 is 34.8 Å². The number of nitrogens with zero attached hydrogens (tertiary/aromatic N) is 1. The molecule has 1 N–H and O–H groups in total. The van der Waals surface area contributed by atoms with Gasteiger partial charge in [-0.1, -0.05) is 35.3 Å². The standard InChI is InChI=1S/C22H17Cl2FN2O3/c1-29-21-18(30-11-12-2-4-13(23)5-3-12)7-6-17(25)19(21)20(28)16-10-27-22-15(16)8-14(24)9-26-22/h2-9,16H,10-11H2,1H3,(H,26,27). The lowest BCUT2D eigenvalue weighted by atomic mass is 9.92. The van der Waals surface area contributed by atoms with Crippen LogP contribution in [0, 0.1) is 5.82 Å². The van der Waals surface area contributed by atoms with Crippen molar-refractivity contribution in [3.63, 3.8) is 0 Å². The topological polar surface area (TPSA) is 60.5 Å². The first-order valence-electron chi connectivity index (χ1n) is 9.15. The van der Waals surface area contributed by atoms with Gasteiger partial charge in [-0.25, -0.2) is 9.37 Å². The molecule has 154 valence electrons. The Labute approximate surface area is 182 Å². The van der Waals surface area contributed by atoms with Crippen LogP contribution in [-0.4, -0.2) is 24.4 Å². The SMILES string of the molecule is COc1c(OCc2ccc(Cl)cc2)ccc(F)c1C(=O)C1CNc2ncc(Cl)cc21. The number of ether oxygens (including phenoxy) is 2. The van der Waals surface area contributed by atoms with Crippen LogP contribution in [0.25, 0.3) is 0 Å². The molecule has 0 aliphatic carbocycles. The van der Waals surface area contributed by atoms with Crippen molar-refractivity contribution in [3.8, 4) is 11.5 Å². The second kappa shape index (κ2) is 8.50. The van der Waals surface area contributed by atoms with Crippen molar-refractivity contribution in [2.24, 2.45) is 0 Å². The van der Waals surface area contributed by atoms with E-state index in [1.165, 1.54) is 25.4 Å². The third-order valence-corrected chi connectivity index (χ3v) is 5.34. The number of aromatic nitrogens is 1. The summed E-state index contributed by atoms with van der Waals surface area (Å²) < 4.78 is 26.0. The number of pyridine rings is 1. The van der Waals surface area contributed by atoms with Gasteiger partial charge in [0.2, 0.25) is 0 Å². The van der Waals surface area contributed by atoms with Gasteiger partial charge in [0.1, 0.15) is 18.2 Å². The van der Waals surface area contributed by atoms with Crippen molar-refractivity contribution in [1.82, 2.24) is 4.98 Å². The first-order valence-corrected chi connectivity index (χ1v) is 9.90. The van der Waals surface area contributed by atoms with Crippen LogP contribution in [0.5, 0.6) is 11.5 Å². The molecule has 3 aromatic rings. The number of methoxy groups -OCH3 is 1. The predicted molar refractivity (Wildman–Crippen MR) is 114 cm³/mol. The molecule has 0 radical (unpaired) electrons. The molecule has 0 fully saturated rings. The molecule has 1 aliphatic heterocycles. The molecule has 1 atom stereocenters. The van der Waals surface area contributed by atoms with Crippen molar-refractivity contribution in [3.05, 3.63) is 81.2 Å². The van der Waals surface area contributed by atoms with Crippen LogP contribution in [0.3, 0.4) is 0 Å². The number of hydrogen-bond acceptors (Lipinski definition) is 5. The molecule has 4 rings (SSSR count). The smallest absolute Gasteiger partial charge is 0.179 e. The number of Topliss-reactive ketones (excluding diaryl/α,β-unsaturated/α-hetero) is 1. The van der Waals surface area contributed by atoms with Gasteiger partial charge in [0.05, 0.1) is 23.6 Å². The molecule has 0 spiro atoms. The number of rotatable bonds is 6. The maximum absolute atomic E-state index is 14.8. The lowest BCUT2D eigenvalue weighted by molar-refractivity contribution is 0.0958. The highest BCUT2D eigenvalue weighted by Crippen LogP contribution is 2.40. The predicted octanol–water partition coefficient (Wildman–Crippen LogP) is 5.51. The Morgan fingerprint density at radius 2 is 1.97 bits per heavy atom. The molecule has 1 aliphatic rings. The van der Waals surface area contributed by atoms with Gasteiger partial charge in [0, 0.05) is 23.3 Å². The van der Waals surface area contributed by atoms with Crippen LogP contribution in [0.15, 0.2) is 48.7 Å². The van der Waals surface area contributed by atoms with E-state index < -0.39 is 17.5 Å². The van der Waals surface area contributed by atoms with Crippen molar-refractivity contribution in [2.75, 3.05) is 19.0 Å². The van der Waals surface area contributed by atoms with Gasteiger partial charge < -0.3 is 14.8 Å². The summed E-state index contributed by atoms with van der Waals surface area (Å²) in [7, 11) is 1.37. The summed E-state index contributed by atoms with van der Waals surface area (Å²) in [6.07, 6.45) is 1.49. The van der Waals surface area contributed by atoms with Crippen LogP contribution < -0.4 is 14.8 Å². The third-order valence-electron chi connectivity index (χ3n) is 4.88. The molecule has 8 heteroatoms. The van der Waals surface area contributed by atoms with E-state index in [1.54, 1.807) is 18.2 Å². The molecule has 0 saturated heterocycles. The number of fused-ring (bicyclic) bond motifs is 1. The highest BCUT2D eigenvalue weighted by atomic mass is 35.5. The highest BCUT2D eigenvalue weighted by molar-refractivity contribution is 6.30. The molecule has 30 heavy (non-hydrogen) atoms. The molecule has 5 nitrogen and oxygen atoms in total. The molecular weight excluding hydrogens is 430 g/mol. The molecule has 0 bridgehead atoms. The van der Waals surface area contributed by atoms with Gasteiger partial charge in [-0.05, 0) is 35.9 Å². The minimum Gasteiger partial charge on any atom is -0.492 e. The second-order valence-corrected chi connectivity index (χ2v) is 7.63. The van der Waals surface area contributed by atoms with Gasteiger partial charge in [0.25, 0.3) is 0 Å². The fourth-order valence-corrected chi connectivity index (χ4v) is 3.70. The van der Waals surface area contributed by atoms with Gasteiger partial charge in [-0.2, -0.15) is 0 Å². The zero-order chi connectivity index (χ0) is 21.3. The van der Waals surface area contributed by atoms with E-state index >= 15 is 0 Å². The summed E-state index contributed by atoms with van der Waals surface area (Å²) in [4.78, 5) is 17.5. The second-order valence-electron chi connectivity index (χ2n) is 6.76. The quantitative estimate of drug-likeness (QED) is 0.506. The fraction of sp³-hybridized carbons (Fsp3) is 0.182. The highest BCUT2D eigenvalue weighted by Gasteiger charge is 2.34. The van der Waals surface area contributed by atoms with Crippen molar-refractivity contribution in [1.29, 1.82) is 0 Å². The van der Waals surface area contributed by atoms with E-state index in [1.807, 2.05) is 12.1 Å². The number of benzene rings is 2. The van der Waals surface area contributed by atoms with Gasteiger partial charge in [0.15, 0.2) is 17.3 Å². The fourth-order valence-electron chi connectivity index (χ4n) is 3.41. The molecule has 0 saturated carbocycles. The summed E-state index contributed by atoms with van der Waals surface area (Å²) in [6, 6.07) is 11.5. The van der Waals surface area contributed by atoms with E-state index in [-0.39, 0.29) is 23.7 Å². The van der Waals surface area contributed by atoms with E-state index in [4.69, 9.17) is 32.7 Å². The maximum atomic E-state index is 14.8. The molecule has 2 aromatic carbocycles. The van der Waals surface area contributed by atoms with Gasteiger partial charge >= 0.3 is 0 Å². The van der Waals surface area contributed by atoms with E-state index in [2.05, 4.69) is 10.3 Å². The molecular formula is C22H17Cl2FN2O3.